The molecule has 1 aromatic carbocycles. The maximum atomic E-state index is 12.4. The Morgan fingerprint density at radius 3 is 2.71 bits per heavy atom. The first-order valence-corrected chi connectivity index (χ1v) is 8.22. The van der Waals surface area contributed by atoms with Crippen LogP contribution in [-0.2, 0) is 16.0 Å². The highest BCUT2D eigenvalue weighted by Crippen LogP contribution is 2.22. The van der Waals surface area contributed by atoms with Gasteiger partial charge in [-0.15, -0.1) is 0 Å². The highest BCUT2D eigenvalue weighted by molar-refractivity contribution is 5.94. The van der Waals surface area contributed by atoms with Crippen molar-refractivity contribution in [2.75, 3.05) is 20.1 Å². The Labute approximate surface area is 141 Å². The molecule has 2 unspecified atom stereocenters. The van der Waals surface area contributed by atoms with E-state index in [2.05, 4.69) is 5.32 Å². The van der Waals surface area contributed by atoms with Crippen molar-refractivity contribution in [3.63, 3.8) is 0 Å². The Hall–Kier alpha value is -2.37. The number of amides is 2. The molecule has 1 aliphatic rings. The zero-order valence-corrected chi connectivity index (χ0v) is 14.1. The van der Waals surface area contributed by atoms with Crippen molar-refractivity contribution in [2.24, 2.45) is 11.8 Å². The largest absolute Gasteiger partial charge is 0.481 e. The molecule has 1 aliphatic heterocycles. The van der Waals surface area contributed by atoms with Crippen molar-refractivity contribution in [3.8, 4) is 0 Å². The van der Waals surface area contributed by atoms with E-state index in [0.29, 0.717) is 31.4 Å². The third kappa shape index (κ3) is 4.57. The van der Waals surface area contributed by atoms with Crippen LogP contribution in [0.4, 0.5) is 0 Å². The summed E-state index contributed by atoms with van der Waals surface area (Å²) in [6.07, 6.45) is 1.47. The van der Waals surface area contributed by atoms with Gasteiger partial charge in [0.1, 0.15) is 0 Å². The lowest BCUT2D eigenvalue weighted by Crippen LogP contribution is -2.45. The average Bonchev–Trinajstić information content (AvgIpc) is 2.58. The van der Waals surface area contributed by atoms with Gasteiger partial charge in [-0.2, -0.15) is 0 Å². The van der Waals surface area contributed by atoms with Gasteiger partial charge in [0.15, 0.2) is 0 Å². The number of hydrogen-bond donors (Lipinski definition) is 2. The highest BCUT2D eigenvalue weighted by Gasteiger charge is 2.31. The molecule has 130 valence electrons. The zero-order chi connectivity index (χ0) is 17.7. The molecule has 0 saturated carbocycles. The standard InChI is InChI=1S/C18H24N2O4/c1-12-8-15(18(23)24)11-20(10-12)16(21)7-6-13-4-3-5-14(9-13)17(22)19-2/h3-5,9,12,15H,6-8,10-11H2,1-2H3,(H,19,22)(H,23,24). The Bertz CT molecular complexity index is 629. The Kier molecular flexibility index (Phi) is 5.95. The van der Waals surface area contributed by atoms with Gasteiger partial charge in [0.25, 0.3) is 5.91 Å². The molecule has 2 amide bonds. The third-order valence-electron chi connectivity index (χ3n) is 4.41. The summed E-state index contributed by atoms with van der Waals surface area (Å²) in [7, 11) is 1.58. The number of carbonyl (C=O) groups is 3. The summed E-state index contributed by atoms with van der Waals surface area (Å²) in [6, 6.07) is 7.20. The van der Waals surface area contributed by atoms with Crippen LogP contribution in [0.2, 0.25) is 0 Å². The fraction of sp³-hybridized carbons (Fsp3) is 0.500. The minimum Gasteiger partial charge on any atom is -0.481 e. The van der Waals surface area contributed by atoms with E-state index >= 15 is 0 Å². The fourth-order valence-electron chi connectivity index (χ4n) is 3.16. The number of nitrogens with one attached hydrogen (secondary N) is 1. The Morgan fingerprint density at radius 1 is 1.29 bits per heavy atom. The van der Waals surface area contributed by atoms with Crippen molar-refractivity contribution in [3.05, 3.63) is 35.4 Å². The van der Waals surface area contributed by atoms with Gasteiger partial charge in [-0.05, 0) is 36.5 Å². The van der Waals surface area contributed by atoms with Crippen molar-refractivity contribution in [1.29, 1.82) is 0 Å². The van der Waals surface area contributed by atoms with E-state index in [9.17, 15) is 19.5 Å². The third-order valence-corrected chi connectivity index (χ3v) is 4.41. The summed E-state index contributed by atoms with van der Waals surface area (Å²) < 4.78 is 0. The number of aryl methyl sites for hydroxylation is 1. The van der Waals surface area contributed by atoms with Crippen LogP contribution >= 0.6 is 0 Å². The first-order chi connectivity index (χ1) is 11.4. The number of likely N-dealkylation sites (tertiary alicyclic amines) is 1. The molecule has 24 heavy (non-hydrogen) atoms. The van der Waals surface area contributed by atoms with Crippen LogP contribution < -0.4 is 5.32 Å². The molecule has 1 aromatic rings. The topological polar surface area (TPSA) is 86.7 Å². The maximum Gasteiger partial charge on any atom is 0.308 e. The summed E-state index contributed by atoms with van der Waals surface area (Å²) in [5, 5.41) is 11.8. The van der Waals surface area contributed by atoms with Crippen molar-refractivity contribution in [2.45, 2.75) is 26.2 Å². The minimum atomic E-state index is -0.836. The molecule has 0 aromatic heterocycles. The second-order valence-corrected chi connectivity index (χ2v) is 6.45. The monoisotopic (exact) mass is 332 g/mol. The fourth-order valence-corrected chi connectivity index (χ4v) is 3.16. The molecule has 1 heterocycles. The molecule has 0 radical (unpaired) electrons. The number of benzene rings is 1. The summed E-state index contributed by atoms with van der Waals surface area (Å²) in [5.41, 5.74) is 1.49. The van der Waals surface area contributed by atoms with E-state index in [1.807, 2.05) is 13.0 Å². The summed E-state index contributed by atoms with van der Waals surface area (Å²) in [6.45, 7) is 2.87. The van der Waals surface area contributed by atoms with Gasteiger partial charge in [0.2, 0.25) is 5.91 Å². The highest BCUT2D eigenvalue weighted by atomic mass is 16.4. The summed E-state index contributed by atoms with van der Waals surface area (Å²) in [4.78, 5) is 36.9. The number of nitrogens with zero attached hydrogens (tertiary/aromatic N) is 1. The number of aliphatic carboxylic acids is 1. The summed E-state index contributed by atoms with van der Waals surface area (Å²) >= 11 is 0. The van der Waals surface area contributed by atoms with Crippen LogP contribution in [0.25, 0.3) is 0 Å². The normalized spacial score (nSPS) is 20.5. The van der Waals surface area contributed by atoms with Gasteiger partial charge in [-0.25, -0.2) is 0 Å². The lowest BCUT2D eigenvalue weighted by Gasteiger charge is -2.34. The Morgan fingerprint density at radius 2 is 2.04 bits per heavy atom. The number of rotatable bonds is 5. The molecule has 0 spiro atoms. The molecule has 1 saturated heterocycles. The van der Waals surface area contributed by atoms with E-state index in [4.69, 9.17) is 0 Å². The molecule has 1 fully saturated rings. The van der Waals surface area contributed by atoms with Gasteiger partial charge in [-0.1, -0.05) is 19.1 Å². The van der Waals surface area contributed by atoms with Gasteiger partial charge in [0.05, 0.1) is 5.92 Å². The second kappa shape index (κ2) is 7.95. The second-order valence-electron chi connectivity index (χ2n) is 6.45. The molecule has 6 nitrogen and oxygen atoms in total. The first-order valence-electron chi connectivity index (χ1n) is 8.22. The zero-order valence-electron chi connectivity index (χ0n) is 14.1. The number of hydrogen-bond acceptors (Lipinski definition) is 3. The van der Waals surface area contributed by atoms with Crippen LogP contribution in [0.1, 0.15) is 35.7 Å². The number of carbonyl (C=O) groups excluding carboxylic acids is 2. The SMILES string of the molecule is CNC(=O)c1cccc(CCC(=O)N2CC(C)CC(C(=O)O)C2)c1. The van der Waals surface area contributed by atoms with Crippen molar-refractivity contribution >= 4 is 17.8 Å². The lowest BCUT2D eigenvalue weighted by molar-refractivity contribution is -0.146. The smallest absolute Gasteiger partial charge is 0.308 e. The van der Waals surface area contributed by atoms with Gasteiger partial charge in [-0.3, -0.25) is 14.4 Å². The molecule has 6 heteroatoms. The predicted molar refractivity (Wildman–Crippen MR) is 89.6 cm³/mol. The van der Waals surface area contributed by atoms with Gasteiger partial charge in [0, 0.05) is 32.1 Å². The van der Waals surface area contributed by atoms with Crippen LogP contribution in [0.15, 0.2) is 24.3 Å². The van der Waals surface area contributed by atoms with Crippen LogP contribution in [0.3, 0.4) is 0 Å². The number of carboxylic acids is 1. The molecule has 0 aliphatic carbocycles. The molecule has 2 N–H and O–H groups in total. The molecule has 0 bridgehead atoms. The molecule has 2 rings (SSSR count). The van der Waals surface area contributed by atoms with Crippen LogP contribution in [-0.4, -0.2) is 47.9 Å². The van der Waals surface area contributed by atoms with Gasteiger partial charge >= 0.3 is 5.97 Å². The quantitative estimate of drug-likeness (QED) is 0.856. The van der Waals surface area contributed by atoms with Crippen LogP contribution in [0, 0.1) is 11.8 Å². The van der Waals surface area contributed by atoms with E-state index in [-0.39, 0.29) is 24.3 Å². The molecule has 2 atom stereocenters. The van der Waals surface area contributed by atoms with E-state index in [1.54, 1.807) is 30.1 Å². The molecular weight excluding hydrogens is 308 g/mol. The number of carboxylic acid groups (broad SMARTS) is 1. The Balaban J connectivity index is 1.95. The van der Waals surface area contributed by atoms with E-state index in [0.717, 1.165) is 5.56 Å². The van der Waals surface area contributed by atoms with E-state index < -0.39 is 11.9 Å². The van der Waals surface area contributed by atoms with Crippen LogP contribution in [0.5, 0.6) is 0 Å². The maximum absolute atomic E-state index is 12.4. The minimum absolute atomic E-state index is 0.0295. The summed E-state index contributed by atoms with van der Waals surface area (Å²) in [5.74, 6) is -1.30. The lowest BCUT2D eigenvalue weighted by atomic mass is 9.90. The average molecular weight is 332 g/mol. The van der Waals surface area contributed by atoms with Crippen molar-refractivity contribution < 1.29 is 19.5 Å². The van der Waals surface area contributed by atoms with Crippen molar-refractivity contribution in [1.82, 2.24) is 10.2 Å². The predicted octanol–water partition coefficient (Wildman–Crippen LogP) is 1.55. The molecular formula is C18H24N2O4. The first kappa shape index (κ1) is 18.0. The van der Waals surface area contributed by atoms with Gasteiger partial charge < -0.3 is 15.3 Å². The number of piperidine rings is 1. The van der Waals surface area contributed by atoms with E-state index in [1.165, 1.54) is 0 Å².